The van der Waals surface area contributed by atoms with Crippen molar-refractivity contribution < 1.29 is 44.5 Å². The van der Waals surface area contributed by atoms with Crippen LogP contribution in [0.15, 0.2) is 58.3 Å². The molecule has 0 radical (unpaired) electrons. The number of benzene rings is 1. The van der Waals surface area contributed by atoms with Gasteiger partial charge in [-0.3, -0.25) is 19.3 Å². The Balaban J connectivity index is 1.24. The number of pyridine rings is 1. The normalized spacial score (nSPS) is 33.0. The molecule has 5 rings (SSSR count). The van der Waals surface area contributed by atoms with Crippen LogP contribution < -0.4 is 11.2 Å². The average molecular weight is 548 g/mol. The second kappa shape index (κ2) is 11.6. The van der Waals surface area contributed by atoms with E-state index in [-0.39, 0.29) is 6.61 Å². The van der Waals surface area contributed by atoms with Gasteiger partial charge in [-0.1, -0.05) is 24.3 Å². The highest BCUT2D eigenvalue weighted by atomic mass is 16.7. The highest BCUT2D eigenvalue weighted by molar-refractivity contribution is 5.78. The van der Waals surface area contributed by atoms with Gasteiger partial charge >= 0.3 is 5.69 Å². The van der Waals surface area contributed by atoms with Crippen molar-refractivity contribution in [1.29, 1.82) is 0 Å². The van der Waals surface area contributed by atoms with Crippen LogP contribution in [0.2, 0.25) is 0 Å². The number of hydrogen-bond donors (Lipinski definition) is 6. The van der Waals surface area contributed by atoms with Crippen molar-refractivity contribution in [3.8, 4) is 0 Å². The molecule has 3 aromatic rings. The number of rotatable bonds is 8. The van der Waals surface area contributed by atoms with E-state index in [9.17, 15) is 35.1 Å². The van der Waals surface area contributed by atoms with Gasteiger partial charge in [-0.15, -0.1) is 0 Å². The zero-order valence-electron chi connectivity index (χ0n) is 20.5. The molecule has 2 aromatic heterocycles. The number of aromatic amines is 1. The first-order valence-corrected chi connectivity index (χ1v) is 12.3. The number of aliphatic hydroxyl groups is 5. The molecule has 4 heterocycles. The zero-order valence-corrected chi connectivity index (χ0v) is 20.5. The number of hydrogen-bond acceptors (Lipinski definition) is 12. The quantitative estimate of drug-likeness (QED) is 0.177. The minimum Gasteiger partial charge on any atom is -0.394 e. The fraction of sp³-hybridized carbons (Fsp3) is 0.480. The van der Waals surface area contributed by atoms with Crippen LogP contribution in [0.1, 0.15) is 11.9 Å². The Labute approximate surface area is 220 Å². The number of nitrogens with one attached hydrogen (secondary N) is 1. The zero-order chi connectivity index (χ0) is 27.7. The molecule has 14 nitrogen and oxygen atoms in total. The molecule has 210 valence electrons. The second-order valence-corrected chi connectivity index (χ2v) is 9.37. The largest absolute Gasteiger partial charge is 0.394 e. The van der Waals surface area contributed by atoms with E-state index >= 15 is 0 Å². The third-order valence-electron chi connectivity index (χ3n) is 6.79. The average Bonchev–Trinajstić information content (AvgIpc) is 3.21. The molecule has 9 atom stereocenters. The molecule has 0 unspecified atom stereocenters. The molecule has 1 aromatic carbocycles. The van der Waals surface area contributed by atoms with E-state index in [1.54, 1.807) is 6.07 Å². The van der Waals surface area contributed by atoms with Gasteiger partial charge < -0.3 is 44.5 Å². The second-order valence-electron chi connectivity index (χ2n) is 9.37. The summed E-state index contributed by atoms with van der Waals surface area (Å²) in [6, 6.07) is 12.2. The third kappa shape index (κ3) is 5.65. The molecular weight excluding hydrogens is 518 g/mol. The maximum absolute atomic E-state index is 12.1. The van der Waals surface area contributed by atoms with Gasteiger partial charge in [0.05, 0.1) is 31.0 Å². The van der Waals surface area contributed by atoms with Gasteiger partial charge in [0, 0.05) is 17.6 Å². The Bertz CT molecular complexity index is 1400. The summed E-state index contributed by atoms with van der Waals surface area (Å²) in [5, 5.41) is 53.0. The van der Waals surface area contributed by atoms with Gasteiger partial charge in [-0.2, -0.15) is 0 Å². The van der Waals surface area contributed by atoms with Gasteiger partial charge in [-0.25, -0.2) is 4.79 Å². The number of para-hydroxylation sites is 1. The molecule has 2 saturated heterocycles. The van der Waals surface area contributed by atoms with E-state index < -0.39 is 79.7 Å². The van der Waals surface area contributed by atoms with Crippen LogP contribution in [0.25, 0.3) is 10.9 Å². The van der Waals surface area contributed by atoms with E-state index in [0.717, 1.165) is 27.7 Å². The number of ether oxygens (including phenoxy) is 4. The molecule has 2 aliphatic rings. The Morgan fingerprint density at radius 3 is 2.46 bits per heavy atom. The van der Waals surface area contributed by atoms with Crippen molar-refractivity contribution in [1.82, 2.24) is 14.5 Å². The lowest BCUT2D eigenvalue weighted by Gasteiger charge is -2.41. The predicted octanol–water partition coefficient (Wildman–Crippen LogP) is -2.25. The summed E-state index contributed by atoms with van der Waals surface area (Å²) >= 11 is 0. The lowest BCUT2D eigenvalue weighted by atomic mass is 9.99. The number of aromatic nitrogens is 3. The van der Waals surface area contributed by atoms with E-state index in [1.807, 2.05) is 35.3 Å². The van der Waals surface area contributed by atoms with Gasteiger partial charge in [-0.05, 0) is 12.1 Å². The van der Waals surface area contributed by atoms with Crippen LogP contribution in [0.3, 0.4) is 0 Å². The summed E-state index contributed by atoms with van der Waals surface area (Å²) in [4.78, 5) is 30.0. The number of fused-ring (bicyclic) bond motifs is 1. The smallest absolute Gasteiger partial charge is 0.330 e. The van der Waals surface area contributed by atoms with Gasteiger partial charge in [0.2, 0.25) is 0 Å². The molecule has 6 N–H and O–H groups in total. The molecule has 2 fully saturated rings. The summed E-state index contributed by atoms with van der Waals surface area (Å²) < 4.78 is 23.4. The summed E-state index contributed by atoms with van der Waals surface area (Å²) in [5.41, 5.74) is -0.174. The molecule has 39 heavy (non-hydrogen) atoms. The van der Waals surface area contributed by atoms with Crippen molar-refractivity contribution >= 4 is 10.9 Å². The van der Waals surface area contributed by atoms with Crippen LogP contribution in [0, 0.1) is 0 Å². The fourth-order valence-corrected chi connectivity index (χ4v) is 4.67. The molecule has 2 aliphatic heterocycles. The Kier molecular flexibility index (Phi) is 8.18. The summed E-state index contributed by atoms with van der Waals surface area (Å²) in [6.07, 6.45) is -11.0. The van der Waals surface area contributed by atoms with Crippen molar-refractivity contribution in [2.45, 2.75) is 61.9 Å². The Morgan fingerprint density at radius 2 is 1.69 bits per heavy atom. The van der Waals surface area contributed by atoms with E-state index in [2.05, 4.69) is 4.98 Å². The topological polar surface area (TPSA) is 206 Å². The highest BCUT2D eigenvalue weighted by Gasteiger charge is 2.48. The lowest BCUT2D eigenvalue weighted by molar-refractivity contribution is -0.313. The molecule has 0 bridgehead atoms. The molecule has 0 spiro atoms. The van der Waals surface area contributed by atoms with Gasteiger partial charge in [0.1, 0.15) is 42.7 Å². The third-order valence-corrected chi connectivity index (χ3v) is 6.79. The lowest BCUT2D eigenvalue weighted by Crippen LogP contribution is -2.60. The van der Waals surface area contributed by atoms with Crippen LogP contribution in [0.4, 0.5) is 0 Å². The van der Waals surface area contributed by atoms with Crippen molar-refractivity contribution in [2.75, 3.05) is 13.2 Å². The van der Waals surface area contributed by atoms with Crippen molar-refractivity contribution in [2.24, 2.45) is 0 Å². The summed E-state index contributed by atoms with van der Waals surface area (Å²) in [5.74, 6) is 0. The minimum atomic E-state index is -1.53. The van der Waals surface area contributed by atoms with E-state index in [1.165, 1.54) is 0 Å². The summed E-state index contributed by atoms with van der Waals surface area (Å²) in [7, 11) is 0. The van der Waals surface area contributed by atoms with E-state index in [0.29, 0.717) is 5.69 Å². The molecule has 0 saturated carbocycles. The van der Waals surface area contributed by atoms with Crippen LogP contribution >= 0.6 is 0 Å². The first-order valence-electron chi connectivity index (χ1n) is 12.3. The fourth-order valence-electron chi connectivity index (χ4n) is 4.67. The maximum atomic E-state index is 12.1. The monoisotopic (exact) mass is 547 g/mol. The van der Waals surface area contributed by atoms with Crippen LogP contribution in [-0.4, -0.2) is 102 Å². The Morgan fingerprint density at radius 1 is 0.897 bits per heavy atom. The van der Waals surface area contributed by atoms with Crippen molar-refractivity contribution in [3.05, 3.63) is 75.2 Å². The van der Waals surface area contributed by atoms with Gasteiger partial charge in [0.15, 0.2) is 12.5 Å². The SMILES string of the molecule is O=c1ccn([C@@H]2O[C@H](CO[C@@H]3O[C@H](CO)[C@@H](O)[C@H](OCc4ccc5ccccc5n4)[C@H]3O)[C@@H](O)[C@H]2O)c(=O)[nH]1. The first kappa shape index (κ1) is 27.5. The number of aliphatic hydroxyl groups excluding tert-OH is 5. The van der Waals surface area contributed by atoms with E-state index in [4.69, 9.17) is 18.9 Å². The van der Waals surface area contributed by atoms with Gasteiger partial charge in [0.25, 0.3) is 5.56 Å². The first-order chi connectivity index (χ1) is 18.8. The predicted molar refractivity (Wildman–Crippen MR) is 131 cm³/mol. The number of H-pyrrole nitrogens is 1. The molecule has 0 amide bonds. The standard InChI is InChI=1S/C25H29N3O11/c29-9-15-19(32)22(36-10-13-6-5-12-3-1-2-4-14(12)26-13)21(34)24(39-15)37-11-16-18(31)20(33)23(38-16)28-8-7-17(30)27-25(28)35/h1-8,15-16,18-24,29,31-34H,9-11H2,(H,27,30,35)/t15-,16-,18-,19-,20-,21-,22+,23-,24-/m1/s1. The minimum absolute atomic E-state index is 0.0548. The molecule has 14 heteroatoms. The maximum Gasteiger partial charge on any atom is 0.330 e. The van der Waals surface area contributed by atoms with Crippen LogP contribution in [-0.2, 0) is 25.6 Å². The molecular formula is C25H29N3O11. The number of nitrogens with zero attached hydrogens (tertiary/aromatic N) is 2. The molecule has 0 aliphatic carbocycles. The summed E-state index contributed by atoms with van der Waals surface area (Å²) in [6.45, 7) is -1.05. The highest BCUT2D eigenvalue weighted by Crippen LogP contribution is 2.30. The Hall–Kier alpha value is -3.05. The van der Waals surface area contributed by atoms with Crippen LogP contribution in [0.5, 0.6) is 0 Å². The van der Waals surface area contributed by atoms with Crippen molar-refractivity contribution in [3.63, 3.8) is 0 Å².